The van der Waals surface area contributed by atoms with Gasteiger partial charge in [0, 0.05) is 39.1 Å². The van der Waals surface area contributed by atoms with Gasteiger partial charge >= 0.3 is 12.2 Å². The van der Waals surface area contributed by atoms with Crippen molar-refractivity contribution in [3.05, 3.63) is 53.6 Å². The molecule has 1 aromatic heterocycles. The van der Waals surface area contributed by atoms with Crippen LogP contribution in [0.1, 0.15) is 23.9 Å². The minimum Gasteiger partial charge on any atom is -0.383 e. The fourth-order valence-electron chi connectivity index (χ4n) is 2.52. The predicted octanol–water partition coefficient (Wildman–Crippen LogP) is 3.13. The van der Waals surface area contributed by atoms with Crippen molar-refractivity contribution in [3.8, 4) is 0 Å². The standard InChI is InChI=1S/C18H23F3N4O2/c1-3-22-17(26)25(10-11-27-2)13-16-23-8-9-24(16)12-14-4-6-15(7-5-14)18(19,20)21/h4-9H,3,10-13H2,1-2H3,(H,22,26). The number of hydrogen-bond acceptors (Lipinski definition) is 3. The first-order valence-electron chi connectivity index (χ1n) is 8.53. The van der Waals surface area contributed by atoms with E-state index < -0.39 is 11.7 Å². The minimum absolute atomic E-state index is 0.223. The molecule has 1 heterocycles. The zero-order chi connectivity index (χ0) is 19.9. The summed E-state index contributed by atoms with van der Waals surface area (Å²) in [6.45, 7) is 3.75. The molecule has 2 aromatic rings. The van der Waals surface area contributed by atoms with Gasteiger partial charge in [-0.2, -0.15) is 13.2 Å². The van der Waals surface area contributed by atoms with Crippen molar-refractivity contribution in [2.45, 2.75) is 26.2 Å². The molecule has 0 unspecified atom stereocenters. The molecule has 0 saturated heterocycles. The molecule has 148 valence electrons. The second-order valence-corrected chi connectivity index (χ2v) is 5.92. The Hall–Kier alpha value is -2.55. The van der Waals surface area contributed by atoms with Gasteiger partial charge in [-0.05, 0) is 24.6 Å². The third-order valence-electron chi connectivity index (χ3n) is 3.95. The van der Waals surface area contributed by atoms with Crippen molar-refractivity contribution >= 4 is 6.03 Å². The molecule has 1 N–H and O–H groups in total. The molecule has 0 aliphatic carbocycles. The predicted molar refractivity (Wildman–Crippen MR) is 94.1 cm³/mol. The van der Waals surface area contributed by atoms with E-state index in [1.807, 2.05) is 11.5 Å². The Balaban J connectivity index is 2.10. The van der Waals surface area contributed by atoms with Crippen LogP contribution in [0.25, 0.3) is 0 Å². The molecule has 9 heteroatoms. The Morgan fingerprint density at radius 1 is 1.30 bits per heavy atom. The van der Waals surface area contributed by atoms with E-state index in [-0.39, 0.29) is 12.6 Å². The van der Waals surface area contributed by atoms with Crippen molar-refractivity contribution in [1.82, 2.24) is 19.8 Å². The first-order chi connectivity index (χ1) is 12.8. The molecular formula is C18H23F3N4O2. The Morgan fingerprint density at radius 2 is 2.00 bits per heavy atom. The van der Waals surface area contributed by atoms with Crippen LogP contribution in [0.3, 0.4) is 0 Å². The van der Waals surface area contributed by atoms with Gasteiger partial charge in [0.05, 0.1) is 18.7 Å². The van der Waals surface area contributed by atoms with Gasteiger partial charge in [-0.15, -0.1) is 0 Å². The molecule has 0 atom stereocenters. The molecular weight excluding hydrogens is 361 g/mol. The minimum atomic E-state index is -4.35. The van der Waals surface area contributed by atoms with Gasteiger partial charge in [-0.3, -0.25) is 0 Å². The highest BCUT2D eigenvalue weighted by Crippen LogP contribution is 2.29. The van der Waals surface area contributed by atoms with Crippen LogP contribution in [0, 0.1) is 0 Å². The highest BCUT2D eigenvalue weighted by molar-refractivity contribution is 5.74. The number of hydrogen-bond donors (Lipinski definition) is 1. The van der Waals surface area contributed by atoms with E-state index in [0.717, 1.165) is 12.1 Å². The molecule has 0 saturated carbocycles. The number of carbonyl (C=O) groups excluding carboxylic acids is 1. The van der Waals surface area contributed by atoms with Crippen molar-refractivity contribution in [3.63, 3.8) is 0 Å². The van der Waals surface area contributed by atoms with Crippen molar-refractivity contribution < 1.29 is 22.7 Å². The summed E-state index contributed by atoms with van der Waals surface area (Å²) in [5.41, 5.74) is 0.0304. The van der Waals surface area contributed by atoms with E-state index in [2.05, 4.69) is 10.3 Å². The Labute approximate surface area is 155 Å². The van der Waals surface area contributed by atoms with Crippen LogP contribution < -0.4 is 5.32 Å². The summed E-state index contributed by atoms with van der Waals surface area (Å²) in [5, 5.41) is 2.74. The summed E-state index contributed by atoms with van der Waals surface area (Å²) in [4.78, 5) is 18.1. The van der Waals surface area contributed by atoms with Crippen LogP contribution in [0.2, 0.25) is 0 Å². The zero-order valence-corrected chi connectivity index (χ0v) is 15.3. The number of alkyl halides is 3. The number of halogens is 3. The normalized spacial score (nSPS) is 11.4. The third kappa shape index (κ3) is 5.99. The van der Waals surface area contributed by atoms with Gasteiger partial charge in [0.1, 0.15) is 5.82 Å². The second kappa shape index (κ2) is 9.40. The molecule has 0 aliphatic rings. The van der Waals surface area contributed by atoms with Crippen LogP contribution in [0.4, 0.5) is 18.0 Å². The summed E-state index contributed by atoms with van der Waals surface area (Å²) in [5.74, 6) is 0.636. The molecule has 0 radical (unpaired) electrons. The molecule has 0 bridgehead atoms. The summed E-state index contributed by atoms with van der Waals surface area (Å²) >= 11 is 0. The maximum absolute atomic E-state index is 12.7. The summed E-state index contributed by atoms with van der Waals surface area (Å²) < 4.78 is 44.9. The van der Waals surface area contributed by atoms with Gasteiger partial charge in [-0.1, -0.05) is 12.1 Å². The molecule has 2 amide bonds. The molecule has 6 nitrogen and oxygen atoms in total. The maximum Gasteiger partial charge on any atom is 0.416 e. The van der Waals surface area contributed by atoms with Crippen molar-refractivity contribution in [1.29, 1.82) is 0 Å². The highest BCUT2D eigenvalue weighted by atomic mass is 19.4. The number of methoxy groups -OCH3 is 1. The molecule has 27 heavy (non-hydrogen) atoms. The number of urea groups is 1. The van der Waals surface area contributed by atoms with E-state index in [1.54, 1.807) is 24.4 Å². The van der Waals surface area contributed by atoms with Crippen LogP contribution in [0.5, 0.6) is 0 Å². The second-order valence-electron chi connectivity index (χ2n) is 5.92. The lowest BCUT2D eigenvalue weighted by molar-refractivity contribution is -0.137. The van der Waals surface area contributed by atoms with Gasteiger partial charge in [0.25, 0.3) is 0 Å². The fraction of sp³-hybridized carbons (Fsp3) is 0.444. The van der Waals surface area contributed by atoms with E-state index in [0.29, 0.717) is 37.6 Å². The lowest BCUT2D eigenvalue weighted by Gasteiger charge is -2.22. The summed E-state index contributed by atoms with van der Waals surface area (Å²) in [6.07, 6.45) is -1.02. The number of carbonyl (C=O) groups is 1. The molecule has 0 fully saturated rings. The van der Waals surface area contributed by atoms with E-state index in [1.165, 1.54) is 12.1 Å². The average molecular weight is 384 g/mol. The van der Waals surface area contributed by atoms with Crippen LogP contribution in [0.15, 0.2) is 36.7 Å². The third-order valence-corrected chi connectivity index (χ3v) is 3.95. The first-order valence-corrected chi connectivity index (χ1v) is 8.53. The lowest BCUT2D eigenvalue weighted by Crippen LogP contribution is -2.41. The average Bonchev–Trinajstić information content (AvgIpc) is 3.05. The van der Waals surface area contributed by atoms with E-state index >= 15 is 0 Å². The number of aromatic nitrogens is 2. The Bertz CT molecular complexity index is 729. The SMILES string of the molecule is CCNC(=O)N(CCOC)Cc1nccn1Cc1ccc(C(F)(F)F)cc1. The zero-order valence-electron chi connectivity index (χ0n) is 15.3. The molecule has 0 aliphatic heterocycles. The van der Waals surface area contributed by atoms with Crippen LogP contribution >= 0.6 is 0 Å². The number of imidazole rings is 1. The number of amides is 2. The van der Waals surface area contributed by atoms with Gasteiger partial charge < -0.3 is 19.5 Å². The summed E-state index contributed by atoms with van der Waals surface area (Å²) in [7, 11) is 1.56. The van der Waals surface area contributed by atoms with Crippen LogP contribution in [-0.2, 0) is 24.0 Å². The molecule has 2 rings (SSSR count). The number of ether oxygens (including phenoxy) is 1. The highest BCUT2D eigenvalue weighted by Gasteiger charge is 2.29. The van der Waals surface area contributed by atoms with E-state index in [4.69, 9.17) is 4.74 Å². The maximum atomic E-state index is 12.7. The van der Waals surface area contributed by atoms with E-state index in [9.17, 15) is 18.0 Å². The lowest BCUT2D eigenvalue weighted by atomic mass is 10.1. The van der Waals surface area contributed by atoms with Crippen LogP contribution in [-0.4, -0.2) is 47.3 Å². The summed E-state index contributed by atoms with van der Waals surface area (Å²) in [6, 6.07) is 4.79. The number of nitrogens with one attached hydrogen (secondary N) is 1. The molecule has 1 aromatic carbocycles. The topological polar surface area (TPSA) is 59.4 Å². The van der Waals surface area contributed by atoms with Gasteiger partial charge in [-0.25, -0.2) is 9.78 Å². The van der Waals surface area contributed by atoms with Gasteiger partial charge in [0.15, 0.2) is 0 Å². The van der Waals surface area contributed by atoms with Crippen molar-refractivity contribution in [2.24, 2.45) is 0 Å². The fourth-order valence-corrected chi connectivity index (χ4v) is 2.52. The number of nitrogens with zero attached hydrogens (tertiary/aromatic N) is 3. The largest absolute Gasteiger partial charge is 0.416 e. The Kier molecular flexibility index (Phi) is 7.23. The first kappa shape index (κ1) is 20.8. The van der Waals surface area contributed by atoms with Gasteiger partial charge in [0.2, 0.25) is 0 Å². The smallest absolute Gasteiger partial charge is 0.383 e. The quantitative estimate of drug-likeness (QED) is 0.761. The monoisotopic (exact) mass is 384 g/mol. The Morgan fingerprint density at radius 3 is 2.59 bits per heavy atom. The molecule has 0 spiro atoms. The van der Waals surface area contributed by atoms with Crippen molar-refractivity contribution in [2.75, 3.05) is 26.8 Å². The number of rotatable bonds is 8. The number of benzene rings is 1.